The van der Waals surface area contributed by atoms with Gasteiger partial charge in [-0.25, -0.2) is 4.98 Å². The Morgan fingerprint density at radius 2 is 1.81 bits per heavy atom. The molecule has 21 heavy (non-hydrogen) atoms. The number of hydrogen-bond acceptors (Lipinski definition) is 2. The number of fused-ring (bicyclic) bond motifs is 1. The van der Waals surface area contributed by atoms with E-state index in [1.165, 1.54) is 5.57 Å². The van der Waals surface area contributed by atoms with Crippen LogP contribution in [-0.2, 0) is 0 Å². The summed E-state index contributed by atoms with van der Waals surface area (Å²) in [7, 11) is 0. The number of rotatable bonds is 2. The smallest absolute Gasteiger partial charge is 0.116 e. The molecule has 3 aromatic rings. The lowest BCUT2D eigenvalue weighted by Gasteiger charge is -2.06. The summed E-state index contributed by atoms with van der Waals surface area (Å²) in [4.78, 5) is 4.68. The van der Waals surface area contributed by atoms with Gasteiger partial charge in [0.15, 0.2) is 0 Å². The molecule has 0 aliphatic rings. The number of aromatic hydroxyl groups is 1. The SMILES string of the molecule is C/C=C(/C)c1ccc2cc(-c3cccc(O)c3)ccc2n1. The summed E-state index contributed by atoms with van der Waals surface area (Å²) < 4.78 is 0. The van der Waals surface area contributed by atoms with Crippen LogP contribution in [0.2, 0.25) is 0 Å². The van der Waals surface area contributed by atoms with Gasteiger partial charge in [0.1, 0.15) is 5.75 Å². The monoisotopic (exact) mass is 275 g/mol. The first-order chi connectivity index (χ1) is 10.2. The molecule has 0 unspecified atom stereocenters. The zero-order valence-electron chi connectivity index (χ0n) is 12.2. The average molecular weight is 275 g/mol. The van der Waals surface area contributed by atoms with Gasteiger partial charge in [-0.15, -0.1) is 0 Å². The quantitative estimate of drug-likeness (QED) is 0.711. The van der Waals surface area contributed by atoms with Crippen LogP contribution >= 0.6 is 0 Å². The average Bonchev–Trinajstić information content (AvgIpc) is 2.53. The van der Waals surface area contributed by atoms with E-state index in [0.717, 1.165) is 27.7 Å². The Balaban J connectivity index is 2.09. The topological polar surface area (TPSA) is 33.1 Å². The molecule has 0 aliphatic heterocycles. The zero-order chi connectivity index (χ0) is 14.8. The number of nitrogens with zero attached hydrogens (tertiary/aromatic N) is 1. The van der Waals surface area contributed by atoms with Gasteiger partial charge >= 0.3 is 0 Å². The number of benzene rings is 2. The fraction of sp³-hybridized carbons (Fsp3) is 0.105. The molecule has 0 radical (unpaired) electrons. The summed E-state index contributed by atoms with van der Waals surface area (Å²) in [5, 5.41) is 10.7. The van der Waals surface area contributed by atoms with Crippen molar-refractivity contribution < 1.29 is 5.11 Å². The number of phenols is 1. The molecule has 0 aliphatic carbocycles. The van der Waals surface area contributed by atoms with Crippen molar-refractivity contribution in [2.75, 3.05) is 0 Å². The second-order valence-electron chi connectivity index (χ2n) is 5.13. The summed E-state index contributed by atoms with van der Waals surface area (Å²) in [5.74, 6) is 0.282. The predicted octanol–water partition coefficient (Wildman–Crippen LogP) is 5.03. The van der Waals surface area contributed by atoms with Crippen LogP contribution in [0, 0.1) is 0 Å². The molecule has 1 N–H and O–H groups in total. The van der Waals surface area contributed by atoms with Crippen LogP contribution in [0.3, 0.4) is 0 Å². The molecule has 0 atom stereocenters. The van der Waals surface area contributed by atoms with Gasteiger partial charge in [-0.2, -0.15) is 0 Å². The minimum Gasteiger partial charge on any atom is -0.508 e. The fourth-order valence-electron chi connectivity index (χ4n) is 2.36. The molecule has 0 bridgehead atoms. The van der Waals surface area contributed by atoms with Crippen molar-refractivity contribution in [3.05, 3.63) is 66.4 Å². The maximum absolute atomic E-state index is 9.59. The molecular weight excluding hydrogens is 258 g/mol. The lowest BCUT2D eigenvalue weighted by atomic mass is 10.0. The molecular formula is C19H17NO. The van der Waals surface area contributed by atoms with E-state index < -0.39 is 0 Å². The minimum atomic E-state index is 0.282. The molecule has 0 saturated carbocycles. The van der Waals surface area contributed by atoms with Crippen LogP contribution in [0.4, 0.5) is 0 Å². The second kappa shape index (κ2) is 5.41. The third kappa shape index (κ3) is 2.65. The Bertz CT molecular complexity index is 834. The number of pyridine rings is 1. The molecule has 0 fully saturated rings. The number of allylic oxidation sites excluding steroid dienone is 2. The van der Waals surface area contributed by atoms with E-state index in [2.05, 4.69) is 30.1 Å². The molecule has 2 aromatic carbocycles. The van der Waals surface area contributed by atoms with Crippen LogP contribution in [-0.4, -0.2) is 10.1 Å². The Kier molecular flexibility index (Phi) is 3.44. The first-order valence-corrected chi connectivity index (χ1v) is 7.01. The summed E-state index contributed by atoms with van der Waals surface area (Å²) in [6, 6.07) is 17.6. The molecule has 0 saturated heterocycles. The van der Waals surface area contributed by atoms with Crippen LogP contribution in [0.1, 0.15) is 19.5 Å². The van der Waals surface area contributed by atoms with Crippen molar-refractivity contribution in [3.63, 3.8) is 0 Å². The Labute approximate surface area is 124 Å². The molecule has 104 valence electrons. The number of aromatic nitrogens is 1. The van der Waals surface area contributed by atoms with Gasteiger partial charge in [-0.1, -0.05) is 30.3 Å². The van der Waals surface area contributed by atoms with Crippen molar-refractivity contribution in [1.82, 2.24) is 4.98 Å². The standard InChI is InChI=1S/C19H17NO/c1-3-13(2)18-9-8-16-11-15(7-10-19(16)20-18)14-5-4-6-17(21)12-14/h3-12,21H,1-2H3/b13-3-. The van der Waals surface area contributed by atoms with Gasteiger partial charge in [0.2, 0.25) is 0 Å². The Morgan fingerprint density at radius 3 is 2.57 bits per heavy atom. The van der Waals surface area contributed by atoms with E-state index in [-0.39, 0.29) is 5.75 Å². The maximum atomic E-state index is 9.59. The number of hydrogen-bond donors (Lipinski definition) is 1. The van der Waals surface area contributed by atoms with Gasteiger partial charge in [0, 0.05) is 5.39 Å². The van der Waals surface area contributed by atoms with E-state index in [1.54, 1.807) is 12.1 Å². The first-order valence-electron chi connectivity index (χ1n) is 7.01. The lowest BCUT2D eigenvalue weighted by molar-refractivity contribution is 0.475. The highest BCUT2D eigenvalue weighted by Crippen LogP contribution is 2.27. The summed E-state index contributed by atoms with van der Waals surface area (Å²) in [5.41, 5.74) is 5.25. The zero-order valence-corrected chi connectivity index (χ0v) is 12.2. The van der Waals surface area contributed by atoms with Crippen LogP contribution < -0.4 is 0 Å². The van der Waals surface area contributed by atoms with Crippen molar-refractivity contribution in [2.24, 2.45) is 0 Å². The van der Waals surface area contributed by atoms with Crippen molar-refractivity contribution >= 4 is 16.5 Å². The van der Waals surface area contributed by atoms with Crippen LogP contribution in [0.25, 0.3) is 27.6 Å². The van der Waals surface area contributed by atoms with Gasteiger partial charge in [0.05, 0.1) is 11.2 Å². The second-order valence-corrected chi connectivity index (χ2v) is 5.13. The molecule has 2 heteroatoms. The number of phenolic OH excluding ortho intramolecular Hbond substituents is 1. The van der Waals surface area contributed by atoms with E-state index in [0.29, 0.717) is 0 Å². The van der Waals surface area contributed by atoms with Gasteiger partial charge < -0.3 is 5.11 Å². The van der Waals surface area contributed by atoms with E-state index in [9.17, 15) is 5.11 Å². The van der Waals surface area contributed by atoms with Crippen LogP contribution in [0.15, 0.2) is 60.7 Å². The molecule has 0 amide bonds. The van der Waals surface area contributed by atoms with Crippen molar-refractivity contribution in [3.8, 4) is 16.9 Å². The third-order valence-corrected chi connectivity index (χ3v) is 3.71. The van der Waals surface area contributed by atoms with E-state index >= 15 is 0 Å². The molecule has 2 nitrogen and oxygen atoms in total. The van der Waals surface area contributed by atoms with Gasteiger partial charge in [-0.05, 0) is 60.9 Å². The minimum absolute atomic E-state index is 0.282. The van der Waals surface area contributed by atoms with Crippen molar-refractivity contribution in [1.29, 1.82) is 0 Å². The first kappa shape index (κ1) is 13.4. The van der Waals surface area contributed by atoms with Crippen LogP contribution in [0.5, 0.6) is 5.75 Å². The Hall–Kier alpha value is -2.61. The molecule has 3 rings (SSSR count). The highest BCUT2D eigenvalue weighted by molar-refractivity contribution is 5.86. The molecule has 0 spiro atoms. The normalized spacial score (nSPS) is 11.8. The van der Waals surface area contributed by atoms with Gasteiger partial charge in [0.25, 0.3) is 0 Å². The highest BCUT2D eigenvalue weighted by atomic mass is 16.3. The maximum Gasteiger partial charge on any atom is 0.116 e. The Morgan fingerprint density at radius 1 is 1.00 bits per heavy atom. The molecule has 1 aromatic heterocycles. The van der Waals surface area contributed by atoms with E-state index in [1.807, 2.05) is 37.3 Å². The predicted molar refractivity (Wildman–Crippen MR) is 88.2 cm³/mol. The lowest BCUT2D eigenvalue weighted by Crippen LogP contribution is -1.88. The summed E-state index contributed by atoms with van der Waals surface area (Å²) in [6.07, 6.45) is 2.06. The third-order valence-electron chi connectivity index (χ3n) is 3.71. The van der Waals surface area contributed by atoms with E-state index in [4.69, 9.17) is 0 Å². The van der Waals surface area contributed by atoms with Crippen molar-refractivity contribution in [2.45, 2.75) is 13.8 Å². The fourth-order valence-corrected chi connectivity index (χ4v) is 2.36. The molecule has 1 heterocycles. The highest BCUT2D eigenvalue weighted by Gasteiger charge is 2.03. The largest absolute Gasteiger partial charge is 0.508 e. The van der Waals surface area contributed by atoms with Gasteiger partial charge in [-0.3, -0.25) is 0 Å². The summed E-state index contributed by atoms with van der Waals surface area (Å²) in [6.45, 7) is 4.08. The summed E-state index contributed by atoms with van der Waals surface area (Å²) >= 11 is 0.